The van der Waals surface area contributed by atoms with Gasteiger partial charge in [0.25, 0.3) is 0 Å². The van der Waals surface area contributed by atoms with E-state index in [1.165, 1.54) is 0 Å². The highest BCUT2D eigenvalue weighted by molar-refractivity contribution is 5.96. The van der Waals surface area contributed by atoms with E-state index in [-0.39, 0.29) is 5.78 Å². The molecule has 0 amide bonds. The largest absolute Gasteiger partial charge is 0.363 e. The first-order chi connectivity index (χ1) is 9.11. The van der Waals surface area contributed by atoms with E-state index in [1.807, 2.05) is 68.5 Å². The molecule has 0 bridgehead atoms. The number of pyridine rings is 1. The maximum Gasteiger partial charge on any atom is 0.162 e. The third-order valence-corrected chi connectivity index (χ3v) is 3.05. The Morgan fingerprint density at radius 3 is 2.53 bits per heavy atom. The van der Waals surface area contributed by atoms with Crippen molar-refractivity contribution in [1.29, 1.82) is 0 Å². The molecule has 2 rings (SSSR count). The minimum Gasteiger partial charge on any atom is -0.363 e. The van der Waals surface area contributed by atoms with Crippen molar-refractivity contribution in [2.75, 3.05) is 19.0 Å². The summed E-state index contributed by atoms with van der Waals surface area (Å²) in [6, 6.07) is 11.7. The highest BCUT2D eigenvalue weighted by Gasteiger charge is 2.05. The van der Waals surface area contributed by atoms with Crippen LogP contribution in [0.5, 0.6) is 0 Å². The summed E-state index contributed by atoms with van der Waals surface area (Å²) in [6.07, 6.45) is 2.37. The predicted octanol–water partition coefficient (Wildman–Crippen LogP) is 3.41. The SMILES string of the molecule is CCC(=O)c1cccc(-c2ccc(N(C)C)nc2)c1. The van der Waals surface area contributed by atoms with Crippen molar-refractivity contribution in [3.63, 3.8) is 0 Å². The standard InChI is InChI=1S/C16H18N2O/c1-4-15(19)13-7-5-6-12(10-13)14-8-9-16(17-11-14)18(2)3/h5-11H,4H2,1-3H3. The van der Waals surface area contributed by atoms with Gasteiger partial charge in [-0.2, -0.15) is 0 Å². The van der Waals surface area contributed by atoms with Gasteiger partial charge in [-0.1, -0.05) is 25.1 Å². The van der Waals surface area contributed by atoms with Crippen molar-refractivity contribution in [3.8, 4) is 11.1 Å². The summed E-state index contributed by atoms with van der Waals surface area (Å²) in [5, 5.41) is 0. The van der Waals surface area contributed by atoms with Gasteiger partial charge >= 0.3 is 0 Å². The van der Waals surface area contributed by atoms with Crippen molar-refractivity contribution in [3.05, 3.63) is 48.2 Å². The van der Waals surface area contributed by atoms with Gasteiger partial charge in [0.2, 0.25) is 0 Å². The van der Waals surface area contributed by atoms with Gasteiger partial charge in [0, 0.05) is 37.8 Å². The third-order valence-electron chi connectivity index (χ3n) is 3.05. The fourth-order valence-corrected chi connectivity index (χ4v) is 1.90. The van der Waals surface area contributed by atoms with E-state index < -0.39 is 0 Å². The summed E-state index contributed by atoms with van der Waals surface area (Å²) in [6.45, 7) is 1.88. The van der Waals surface area contributed by atoms with Gasteiger partial charge in [0.05, 0.1) is 0 Å². The van der Waals surface area contributed by atoms with Gasteiger partial charge in [-0.05, 0) is 23.8 Å². The zero-order chi connectivity index (χ0) is 13.8. The molecule has 0 saturated heterocycles. The zero-order valence-corrected chi connectivity index (χ0v) is 11.6. The Labute approximate surface area is 113 Å². The van der Waals surface area contributed by atoms with Crippen LogP contribution in [0.15, 0.2) is 42.6 Å². The highest BCUT2D eigenvalue weighted by Crippen LogP contribution is 2.22. The Hall–Kier alpha value is -2.16. The van der Waals surface area contributed by atoms with Crippen LogP contribution in [0.3, 0.4) is 0 Å². The minimum atomic E-state index is 0.166. The van der Waals surface area contributed by atoms with E-state index in [1.54, 1.807) is 0 Å². The highest BCUT2D eigenvalue weighted by atomic mass is 16.1. The lowest BCUT2D eigenvalue weighted by Crippen LogP contribution is -2.10. The van der Waals surface area contributed by atoms with Crippen LogP contribution in [0.2, 0.25) is 0 Å². The second kappa shape index (κ2) is 5.65. The topological polar surface area (TPSA) is 33.2 Å². The monoisotopic (exact) mass is 254 g/mol. The quantitative estimate of drug-likeness (QED) is 0.784. The molecule has 0 spiro atoms. The molecule has 1 aromatic heterocycles. The normalized spacial score (nSPS) is 10.3. The lowest BCUT2D eigenvalue weighted by atomic mass is 10.0. The van der Waals surface area contributed by atoms with E-state index in [0.29, 0.717) is 6.42 Å². The molecule has 2 aromatic rings. The van der Waals surface area contributed by atoms with Crippen LogP contribution < -0.4 is 4.90 Å². The van der Waals surface area contributed by atoms with Crippen molar-refractivity contribution in [2.45, 2.75) is 13.3 Å². The van der Waals surface area contributed by atoms with Crippen molar-refractivity contribution in [2.24, 2.45) is 0 Å². The average Bonchev–Trinajstić information content (AvgIpc) is 2.46. The molecule has 0 saturated carbocycles. The molecule has 3 nitrogen and oxygen atoms in total. The molecular weight excluding hydrogens is 236 g/mol. The second-order valence-electron chi connectivity index (χ2n) is 4.66. The summed E-state index contributed by atoms with van der Waals surface area (Å²) in [5.41, 5.74) is 2.81. The summed E-state index contributed by atoms with van der Waals surface area (Å²) in [4.78, 5) is 18.1. The second-order valence-corrected chi connectivity index (χ2v) is 4.66. The number of carbonyl (C=O) groups is 1. The fourth-order valence-electron chi connectivity index (χ4n) is 1.90. The van der Waals surface area contributed by atoms with Gasteiger partial charge in [-0.15, -0.1) is 0 Å². The minimum absolute atomic E-state index is 0.166. The molecule has 3 heteroatoms. The van der Waals surface area contributed by atoms with Gasteiger partial charge in [-0.3, -0.25) is 4.79 Å². The number of nitrogens with zero attached hydrogens (tertiary/aromatic N) is 2. The number of benzene rings is 1. The first-order valence-electron chi connectivity index (χ1n) is 6.39. The number of hydrogen-bond acceptors (Lipinski definition) is 3. The van der Waals surface area contributed by atoms with Crippen molar-refractivity contribution >= 4 is 11.6 Å². The number of Topliss-reactive ketones (excluding diaryl/α,β-unsaturated/α-hetero) is 1. The molecule has 1 heterocycles. The Balaban J connectivity index is 2.33. The van der Waals surface area contributed by atoms with E-state index in [4.69, 9.17) is 0 Å². The molecule has 1 aromatic carbocycles. The average molecular weight is 254 g/mol. The molecule has 0 unspecified atom stereocenters. The number of carbonyl (C=O) groups excluding carboxylic acids is 1. The molecule has 0 aliphatic carbocycles. The first kappa shape index (κ1) is 13.3. The Morgan fingerprint density at radius 2 is 1.95 bits per heavy atom. The molecule has 19 heavy (non-hydrogen) atoms. The molecule has 0 aliphatic rings. The summed E-state index contributed by atoms with van der Waals surface area (Å²) in [7, 11) is 3.92. The predicted molar refractivity (Wildman–Crippen MR) is 78.6 cm³/mol. The Kier molecular flexibility index (Phi) is 3.95. The molecule has 98 valence electrons. The summed E-state index contributed by atoms with van der Waals surface area (Å²) >= 11 is 0. The smallest absolute Gasteiger partial charge is 0.162 e. The third kappa shape index (κ3) is 2.99. The fraction of sp³-hybridized carbons (Fsp3) is 0.250. The first-order valence-corrected chi connectivity index (χ1v) is 6.39. The number of anilines is 1. The van der Waals surface area contributed by atoms with E-state index in [9.17, 15) is 4.79 Å². The number of ketones is 1. The number of hydrogen-bond donors (Lipinski definition) is 0. The van der Waals surface area contributed by atoms with Gasteiger partial charge in [0.15, 0.2) is 5.78 Å². The summed E-state index contributed by atoms with van der Waals surface area (Å²) < 4.78 is 0. The van der Waals surface area contributed by atoms with Crippen molar-refractivity contribution in [1.82, 2.24) is 4.98 Å². The molecule has 0 fully saturated rings. The molecule has 0 atom stereocenters. The number of aromatic nitrogens is 1. The van der Waals surface area contributed by atoms with Crippen LogP contribution in [0.1, 0.15) is 23.7 Å². The molecule has 0 aliphatic heterocycles. The van der Waals surface area contributed by atoms with Crippen LogP contribution >= 0.6 is 0 Å². The molecule has 0 radical (unpaired) electrons. The number of rotatable bonds is 4. The summed E-state index contributed by atoms with van der Waals surface area (Å²) in [5.74, 6) is 1.09. The van der Waals surface area contributed by atoms with E-state index in [0.717, 1.165) is 22.5 Å². The van der Waals surface area contributed by atoms with E-state index >= 15 is 0 Å². The zero-order valence-electron chi connectivity index (χ0n) is 11.6. The molecule has 0 N–H and O–H groups in total. The Morgan fingerprint density at radius 1 is 1.16 bits per heavy atom. The van der Waals surface area contributed by atoms with Gasteiger partial charge in [0.1, 0.15) is 5.82 Å². The van der Waals surface area contributed by atoms with Crippen LogP contribution in [-0.2, 0) is 0 Å². The molecular formula is C16H18N2O. The van der Waals surface area contributed by atoms with Crippen LogP contribution in [0.4, 0.5) is 5.82 Å². The lowest BCUT2D eigenvalue weighted by molar-refractivity contribution is 0.0988. The lowest BCUT2D eigenvalue weighted by Gasteiger charge is -2.11. The van der Waals surface area contributed by atoms with Crippen LogP contribution in [0, 0.1) is 0 Å². The van der Waals surface area contributed by atoms with Crippen LogP contribution in [-0.4, -0.2) is 24.9 Å². The Bertz CT molecular complexity index is 574. The van der Waals surface area contributed by atoms with Crippen LogP contribution in [0.25, 0.3) is 11.1 Å². The van der Waals surface area contributed by atoms with Gasteiger partial charge in [-0.25, -0.2) is 4.98 Å². The van der Waals surface area contributed by atoms with Crippen molar-refractivity contribution < 1.29 is 4.79 Å². The van der Waals surface area contributed by atoms with E-state index in [2.05, 4.69) is 4.98 Å². The maximum atomic E-state index is 11.7. The van der Waals surface area contributed by atoms with Gasteiger partial charge < -0.3 is 4.90 Å². The maximum absolute atomic E-state index is 11.7.